The van der Waals surface area contributed by atoms with Gasteiger partial charge in [-0.2, -0.15) is 0 Å². The van der Waals surface area contributed by atoms with Gasteiger partial charge in [0, 0.05) is 16.4 Å². The lowest BCUT2D eigenvalue weighted by atomic mass is 9.80. The standard InChI is InChI=1S/C17H17ClN2O/c18-14-5-2-6-16(11-14)20-17(21)19-15-9-7-13(8-10-15)12-3-1-4-12/h2,5-12H,1,3-4H2,(H2,19,20,21). The van der Waals surface area contributed by atoms with Crippen LogP contribution in [0.4, 0.5) is 16.2 Å². The van der Waals surface area contributed by atoms with Gasteiger partial charge in [0.2, 0.25) is 0 Å². The molecule has 1 aliphatic carbocycles. The van der Waals surface area contributed by atoms with E-state index in [0.717, 1.165) is 5.69 Å². The van der Waals surface area contributed by atoms with E-state index < -0.39 is 0 Å². The molecule has 3 nitrogen and oxygen atoms in total. The topological polar surface area (TPSA) is 41.1 Å². The molecule has 0 radical (unpaired) electrons. The second-order valence-corrected chi connectivity index (χ2v) is 5.78. The Balaban J connectivity index is 1.59. The van der Waals surface area contributed by atoms with Crippen LogP contribution in [0, 0.1) is 0 Å². The van der Waals surface area contributed by atoms with Crippen LogP contribution in [0.15, 0.2) is 48.5 Å². The number of urea groups is 1. The SMILES string of the molecule is O=C(Nc1ccc(C2CCC2)cc1)Nc1cccc(Cl)c1. The molecule has 0 atom stereocenters. The average molecular weight is 301 g/mol. The molecule has 0 bridgehead atoms. The van der Waals surface area contributed by atoms with Crippen LogP contribution in [0.1, 0.15) is 30.7 Å². The van der Waals surface area contributed by atoms with Crippen molar-refractivity contribution in [2.45, 2.75) is 25.2 Å². The lowest BCUT2D eigenvalue weighted by molar-refractivity contribution is 0.262. The molecule has 1 fully saturated rings. The molecule has 0 aliphatic heterocycles. The second kappa shape index (κ2) is 6.19. The summed E-state index contributed by atoms with van der Waals surface area (Å²) in [5, 5.41) is 6.17. The predicted octanol–water partition coefficient (Wildman–Crippen LogP) is 5.25. The summed E-state index contributed by atoms with van der Waals surface area (Å²) < 4.78 is 0. The maximum atomic E-state index is 11.9. The Bertz CT molecular complexity index is 635. The number of benzene rings is 2. The zero-order valence-electron chi connectivity index (χ0n) is 11.6. The molecule has 4 heteroatoms. The fourth-order valence-electron chi connectivity index (χ4n) is 2.44. The highest BCUT2D eigenvalue weighted by Crippen LogP contribution is 2.36. The van der Waals surface area contributed by atoms with Crippen molar-refractivity contribution >= 4 is 29.0 Å². The summed E-state index contributed by atoms with van der Waals surface area (Å²) in [5.74, 6) is 0.708. The minimum absolute atomic E-state index is 0.270. The first kappa shape index (κ1) is 14.0. The van der Waals surface area contributed by atoms with Crippen molar-refractivity contribution in [1.82, 2.24) is 0 Å². The monoisotopic (exact) mass is 300 g/mol. The summed E-state index contributed by atoms with van der Waals surface area (Å²) in [6.07, 6.45) is 3.89. The van der Waals surface area contributed by atoms with Gasteiger partial charge < -0.3 is 10.6 Å². The van der Waals surface area contributed by atoms with Crippen LogP contribution < -0.4 is 10.6 Å². The van der Waals surface area contributed by atoms with Gasteiger partial charge in [0.1, 0.15) is 0 Å². The molecule has 0 unspecified atom stereocenters. The lowest BCUT2D eigenvalue weighted by Gasteiger charge is -2.25. The number of carbonyl (C=O) groups excluding carboxylic acids is 1. The smallest absolute Gasteiger partial charge is 0.308 e. The summed E-state index contributed by atoms with van der Waals surface area (Å²) >= 11 is 5.88. The van der Waals surface area contributed by atoms with Crippen LogP contribution >= 0.6 is 11.6 Å². The third kappa shape index (κ3) is 3.56. The summed E-state index contributed by atoms with van der Waals surface area (Å²) in [7, 11) is 0. The number of hydrogen-bond donors (Lipinski definition) is 2. The van der Waals surface area contributed by atoms with E-state index in [9.17, 15) is 4.79 Å². The Labute approximate surface area is 129 Å². The third-order valence-electron chi connectivity index (χ3n) is 3.83. The molecule has 1 aliphatic rings. The number of carbonyl (C=O) groups is 1. The molecule has 2 aromatic carbocycles. The zero-order valence-corrected chi connectivity index (χ0v) is 12.4. The van der Waals surface area contributed by atoms with Crippen LogP contribution in [-0.4, -0.2) is 6.03 Å². The molecule has 108 valence electrons. The van der Waals surface area contributed by atoms with E-state index in [-0.39, 0.29) is 6.03 Å². The molecule has 2 amide bonds. The Hall–Kier alpha value is -2.00. The van der Waals surface area contributed by atoms with Crippen LogP contribution in [0.25, 0.3) is 0 Å². The van der Waals surface area contributed by atoms with Gasteiger partial charge in [0.05, 0.1) is 0 Å². The van der Waals surface area contributed by atoms with E-state index in [2.05, 4.69) is 22.8 Å². The average Bonchev–Trinajstić information content (AvgIpc) is 2.39. The fourth-order valence-corrected chi connectivity index (χ4v) is 2.63. The molecule has 2 aromatic rings. The first-order valence-corrected chi connectivity index (χ1v) is 7.52. The molecule has 0 spiro atoms. The first-order chi connectivity index (χ1) is 10.2. The van der Waals surface area contributed by atoms with Crippen LogP contribution in [0.5, 0.6) is 0 Å². The van der Waals surface area contributed by atoms with E-state index >= 15 is 0 Å². The predicted molar refractivity (Wildman–Crippen MR) is 87.1 cm³/mol. The maximum absolute atomic E-state index is 11.9. The van der Waals surface area contributed by atoms with Gasteiger partial charge in [-0.25, -0.2) is 4.79 Å². The molecule has 3 rings (SSSR count). The van der Waals surface area contributed by atoms with E-state index in [1.807, 2.05) is 12.1 Å². The molecule has 1 saturated carbocycles. The minimum atomic E-state index is -0.270. The summed E-state index contributed by atoms with van der Waals surface area (Å²) in [6.45, 7) is 0. The van der Waals surface area contributed by atoms with Crippen molar-refractivity contribution in [3.05, 3.63) is 59.1 Å². The molecule has 21 heavy (non-hydrogen) atoms. The summed E-state index contributed by atoms with van der Waals surface area (Å²) in [5.41, 5.74) is 2.82. The normalized spacial score (nSPS) is 14.3. The van der Waals surface area contributed by atoms with Gasteiger partial charge in [-0.15, -0.1) is 0 Å². The third-order valence-corrected chi connectivity index (χ3v) is 4.06. The highest BCUT2D eigenvalue weighted by atomic mass is 35.5. The number of anilines is 2. The fraction of sp³-hybridized carbons (Fsp3) is 0.235. The van der Waals surface area contributed by atoms with E-state index in [1.54, 1.807) is 24.3 Å². The van der Waals surface area contributed by atoms with Gasteiger partial charge in [-0.05, 0) is 54.7 Å². The minimum Gasteiger partial charge on any atom is -0.308 e. The quantitative estimate of drug-likeness (QED) is 0.798. The molecule has 0 aromatic heterocycles. The van der Waals surface area contributed by atoms with Crippen LogP contribution in [-0.2, 0) is 0 Å². The highest BCUT2D eigenvalue weighted by molar-refractivity contribution is 6.30. The summed E-state index contributed by atoms with van der Waals surface area (Å²) in [4.78, 5) is 11.9. The number of rotatable bonds is 3. The molecular formula is C17H17ClN2O. The zero-order chi connectivity index (χ0) is 14.7. The van der Waals surface area contributed by atoms with Crippen LogP contribution in [0.2, 0.25) is 5.02 Å². The van der Waals surface area contributed by atoms with E-state index in [1.165, 1.54) is 24.8 Å². The van der Waals surface area contributed by atoms with Crippen molar-refractivity contribution in [1.29, 1.82) is 0 Å². The highest BCUT2D eigenvalue weighted by Gasteiger charge is 2.18. The van der Waals surface area contributed by atoms with Crippen molar-refractivity contribution < 1.29 is 4.79 Å². The van der Waals surface area contributed by atoms with Gasteiger partial charge in [-0.1, -0.05) is 36.2 Å². The second-order valence-electron chi connectivity index (χ2n) is 5.34. The Morgan fingerprint density at radius 3 is 2.33 bits per heavy atom. The van der Waals surface area contributed by atoms with Gasteiger partial charge in [0.15, 0.2) is 0 Å². The van der Waals surface area contributed by atoms with Gasteiger partial charge >= 0.3 is 6.03 Å². The van der Waals surface area contributed by atoms with Crippen molar-refractivity contribution in [3.63, 3.8) is 0 Å². The van der Waals surface area contributed by atoms with Crippen molar-refractivity contribution in [2.24, 2.45) is 0 Å². The number of hydrogen-bond acceptors (Lipinski definition) is 1. The lowest BCUT2D eigenvalue weighted by Crippen LogP contribution is -2.19. The Morgan fingerprint density at radius 2 is 1.71 bits per heavy atom. The van der Waals surface area contributed by atoms with Crippen molar-refractivity contribution in [2.75, 3.05) is 10.6 Å². The largest absolute Gasteiger partial charge is 0.323 e. The van der Waals surface area contributed by atoms with Crippen LogP contribution in [0.3, 0.4) is 0 Å². The van der Waals surface area contributed by atoms with E-state index in [4.69, 9.17) is 11.6 Å². The first-order valence-electron chi connectivity index (χ1n) is 7.14. The Morgan fingerprint density at radius 1 is 1.00 bits per heavy atom. The molecular weight excluding hydrogens is 284 g/mol. The molecule has 2 N–H and O–H groups in total. The van der Waals surface area contributed by atoms with Gasteiger partial charge in [0.25, 0.3) is 0 Å². The number of amides is 2. The number of nitrogens with one attached hydrogen (secondary N) is 2. The molecule has 0 heterocycles. The van der Waals surface area contributed by atoms with Gasteiger partial charge in [-0.3, -0.25) is 0 Å². The summed E-state index contributed by atoms with van der Waals surface area (Å²) in [6, 6.07) is 14.9. The van der Waals surface area contributed by atoms with Crippen molar-refractivity contribution in [3.8, 4) is 0 Å². The van der Waals surface area contributed by atoms with E-state index in [0.29, 0.717) is 16.6 Å². The molecule has 0 saturated heterocycles. The maximum Gasteiger partial charge on any atom is 0.323 e. The Kier molecular flexibility index (Phi) is 4.11. The number of halogens is 1.